The molecule has 1 heterocycles. The standard InChI is InChI=1S/C26H36NO3.HI/c1-25-12-10-19(28)15-18(25)6-7-20-21-8-9-23(26(21,2)13-11-22(20)25)30-24(29)17-5-4-14-27(3)16-17;/h4-5,15,20-23H,6-14,16H2,1-3H3;1H/q+1;/p-1/t20-,21-,22-,23-,25-,26-;/m0./s1. The lowest BCUT2D eigenvalue weighted by Gasteiger charge is -2.57. The van der Waals surface area contributed by atoms with E-state index >= 15 is 0 Å². The Hall–Kier alpha value is -0.820. The molecule has 0 bridgehead atoms. The second-order valence-corrected chi connectivity index (χ2v) is 11.1. The van der Waals surface area contributed by atoms with Crippen molar-refractivity contribution in [3.05, 3.63) is 29.7 Å². The molecule has 0 saturated heterocycles. The maximum Gasteiger partial charge on any atom is 0.420 e. The van der Waals surface area contributed by atoms with Crippen molar-refractivity contribution in [2.75, 3.05) is 20.1 Å². The van der Waals surface area contributed by atoms with E-state index in [9.17, 15) is 9.59 Å². The van der Waals surface area contributed by atoms with Crippen LogP contribution in [0.25, 0.3) is 0 Å². The van der Waals surface area contributed by atoms with E-state index in [4.69, 9.17) is 4.74 Å². The van der Waals surface area contributed by atoms with Gasteiger partial charge in [-0.15, -0.1) is 0 Å². The Balaban J connectivity index is 0.00000231. The van der Waals surface area contributed by atoms with E-state index in [2.05, 4.69) is 18.7 Å². The summed E-state index contributed by atoms with van der Waals surface area (Å²) in [7, 11) is 2.04. The van der Waals surface area contributed by atoms with Crippen LogP contribution in [-0.4, -0.2) is 42.9 Å². The van der Waals surface area contributed by atoms with Crippen molar-refractivity contribution in [3.63, 3.8) is 0 Å². The minimum Gasteiger partial charge on any atom is -1.00 e. The minimum absolute atomic E-state index is 0. The van der Waals surface area contributed by atoms with E-state index in [1.165, 1.54) is 24.8 Å². The number of ether oxygens (including phenoxy) is 1. The zero-order chi connectivity index (χ0) is 21.1. The number of esters is 1. The monoisotopic (exact) mass is 537 g/mol. The number of fused-ring (bicyclic) bond motifs is 5. The number of hydrogen-bond donors (Lipinski definition) is 0. The summed E-state index contributed by atoms with van der Waals surface area (Å²) in [5.74, 6) is 3.03. The fourth-order valence-electron chi connectivity index (χ4n) is 7.83. The molecule has 0 unspecified atom stereocenters. The maximum atomic E-state index is 12.9. The molecule has 5 aliphatic rings. The highest BCUT2D eigenvalue weighted by Gasteiger charge is 2.60. The van der Waals surface area contributed by atoms with Gasteiger partial charge in [-0.25, -0.2) is 4.79 Å². The summed E-state index contributed by atoms with van der Waals surface area (Å²) in [6.07, 6.45) is 14.6. The van der Waals surface area contributed by atoms with Crippen LogP contribution in [0.15, 0.2) is 23.8 Å². The SMILES string of the molecule is CN1CC=C[C+](C(=O)O[C@H]2CC[C@H]3[C@@H]4CCC5=CC(=O)CC[C@]5(C)[C@H]4CC[C@]23C)C1.[I-]. The van der Waals surface area contributed by atoms with Gasteiger partial charge in [0.15, 0.2) is 11.7 Å². The fraction of sp³-hybridized carbons (Fsp3) is 0.731. The predicted molar refractivity (Wildman–Crippen MR) is 116 cm³/mol. The van der Waals surface area contributed by atoms with Crippen molar-refractivity contribution in [2.24, 2.45) is 28.6 Å². The first kappa shape index (κ1) is 23.3. The van der Waals surface area contributed by atoms with Crippen LogP contribution in [0, 0.1) is 34.5 Å². The summed E-state index contributed by atoms with van der Waals surface area (Å²) in [5, 5.41) is 0. The van der Waals surface area contributed by atoms with Crippen LogP contribution in [0.1, 0.15) is 65.2 Å². The van der Waals surface area contributed by atoms with Crippen LogP contribution in [-0.2, 0) is 14.3 Å². The molecule has 1 aliphatic heterocycles. The zero-order valence-electron chi connectivity index (χ0n) is 19.2. The third kappa shape index (κ3) is 3.81. The van der Waals surface area contributed by atoms with Crippen molar-refractivity contribution in [2.45, 2.75) is 71.3 Å². The molecule has 3 fully saturated rings. The lowest BCUT2D eigenvalue weighted by Crippen LogP contribution is -3.00. The lowest BCUT2D eigenvalue weighted by molar-refractivity contribution is -0.157. The number of carbonyl (C=O) groups is 2. The van der Waals surface area contributed by atoms with Crippen LogP contribution in [0.2, 0.25) is 0 Å². The van der Waals surface area contributed by atoms with Crippen LogP contribution in [0.3, 0.4) is 0 Å². The molecule has 0 aromatic rings. The van der Waals surface area contributed by atoms with Gasteiger partial charge in [0.1, 0.15) is 18.7 Å². The van der Waals surface area contributed by atoms with Gasteiger partial charge < -0.3 is 28.7 Å². The van der Waals surface area contributed by atoms with Gasteiger partial charge in [-0.2, -0.15) is 0 Å². The summed E-state index contributed by atoms with van der Waals surface area (Å²) in [5.41, 5.74) is 1.73. The second-order valence-electron chi connectivity index (χ2n) is 11.1. The van der Waals surface area contributed by atoms with Gasteiger partial charge >= 0.3 is 5.97 Å². The van der Waals surface area contributed by atoms with Crippen LogP contribution < -0.4 is 24.0 Å². The molecular weight excluding hydrogens is 501 g/mol. The van der Waals surface area contributed by atoms with Crippen LogP contribution in [0.5, 0.6) is 0 Å². The third-order valence-electron chi connectivity index (χ3n) is 9.56. The van der Waals surface area contributed by atoms with Gasteiger partial charge in [-0.05, 0) is 81.2 Å². The molecule has 6 atom stereocenters. The van der Waals surface area contributed by atoms with Crippen molar-refractivity contribution in [3.8, 4) is 0 Å². The van der Waals surface area contributed by atoms with E-state index in [1.54, 1.807) is 0 Å². The van der Waals surface area contributed by atoms with Gasteiger partial charge in [-0.1, -0.05) is 19.4 Å². The van der Waals surface area contributed by atoms with Crippen molar-refractivity contribution < 1.29 is 38.3 Å². The Bertz CT molecular complexity index is 806. The highest BCUT2D eigenvalue weighted by molar-refractivity contribution is 5.91. The fourth-order valence-corrected chi connectivity index (χ4v) is 7.83. The Labute approximate surface area is 204 Å². The molecule has 5 rings (SSSR count). The molecule has 31 heavy (non-hydrogen) atoms. The van der Waals surface area contributed by atoms with E-state index < -0.39 is 0 Å². The molecule has 0 aromatic heterocycles. The largest absolute Gasteiger partial charge is 1.00 e. The number of likely N-dealkylation sites (N-methyl/N-ethyl adjacent to an activating group) is 1. The molecule has 0 N–H and O–H groups in total. The van der Waals surface area contributed by atoms with E-state index in [1.807, 2.05) is 25.3 Å². The summed E-state index contributed by atoms with van der Waals surface area (Å²) in [6, 6.07) is 0. The third-order valence-corrected chi connectivity index (χ3v) is 9.56. The number of halogens is 1. The molecule has 0 radical (unpaired) electrons. The summed E-state index contributed by atoms with van der Waals surface area (Å²) in [6.45, 7) is 6.40. The Morgan fingerprint density at radius 3 is 2.71 bits per heavy atom. The summed E-state index contributed by atoms with van der Waals surface area (Å²) in [4.78, 5) is 27.1. The first-order valence-electron chi connectivity index (χ1n) is 12.0. The first-order chi connectivity index (χ1) is 14.3. The van der Waals surface area contributed by atoms with Crippen LogP contribution >= 0.6 is 0 Å². The minimum atomic E-state index is -0.113. The Morgan fingerprint density at radius 2 is 1.94 bits per heavy atom. The van der Waals surface area contributed by atoms with E-state index in [0.717, 1.165) is 38.1 Å². The maximum absolute atomic E-state index is 12.9. The quantitative estimate of drug-likeness (QED) is 0.305. The number of hydrogen-bond acceptors (Lipinski definition) is 4. The number of rotatable bonds is 2. The molecule has 0 spiro atoms. The topological polar surface area (TPSA) is 46.6 Å². The number of nitrogens with zero attached hydrogens (tertiary/aromatic N) is 1. The van der Waals surface area contributed by atoms with Crippen molar-refractivity contribution in [1.29, 1.82) is 0 Å². The number of allylic oxidation sites excluding steroid dienone is 1. The molecule has 3 saturated carbocycles. The molecule has 4 nitrogen and oxygen atoms in total. The van der Waals surface area contributed by atoms with E-state index in [0.29, 0.717) is 36.5 Å². The van der Waals surface area contributed by atoms with E-state index in [-0.39, 0.29) is 46.9 Å². The van der Waals surface area contributed by atoms with Crippen molar-refractivity contribution >= 4 is 11.8 Å². The average Bonchev–Trinajstić information content (AvgIpc) is 3.05. The molecule has 0 aromatic carbocycles. The number of carbonyl (C=O) groups excluding carboxylic acids is 2. The van der Waals surface area contributed by atoms with Crippen molar-refractivity contribution in [1.82, 2.24) is 4.90 Å². The summed E-state index contributed by atoms with van der Waals surface area (Å²) < 4.78 is 6.19. The highest BCUT2D eigenvalue weighted by Crippen LogP contribution is 2.65. The van der Waals surface area contributed by atoms with Gasteiger partial charge in [0.05, 0.1) is 12.6 Å². The zero-order valence-corrected chi connectivity index (χ0v) is 21.3. The van der Waals surface area contributed by atoms with Crippen LogP contribution in [0.4, 0.5) is 0 Å². The van der Waals surface area contributed by atoms with Gasteiger partial charge in [0.2, 0.25) is 0 Å². The summed E-state index contributed by atoms with van der Waals surface area (Å²) >= 11 is 0. The van der Waals surface area contributed by atoms with Gasteiger partial charge in [0, 0.05) is 11.8 Å². The first-order valence-corrected chi connectivity index (χ1v) is 12.0. The Kier molecular flexibility index (Phi) is 6.41. The molecule has 5 heteroatoms. The highest BCUT2D eigenvalue weighted by atomic mass is 127. The second kappa shape index (κ2) is 8.51. The molecule has 4 aliphatic carbocycles. The Morgan fingerprint density at radius 1 is 1.13 bits per heavy atom. The lowest BCUT2D eigenvalue weighted by atomic mass is 9.47. The molecule has 0 amide bonds. The molecular formula is C26H36INO3. The number of ketones is 1. The van der Waals surface area contributed by atoms with Gasteiger partial charge in [0.25, 0.3) is 0 Å². The smallest absolute Gasteiger partial charge is 0.420 e. The van der Waals surface area contributed by atoms with Gasteiger partial charge in [-0.3, -0.25) is 9.69 Å². The molecule has 170 valence electrons. The average molecular weight is 537 g/mol. The normalized spacial score (nSPS) is 42.1. The predicted octanol–water partition coefficient (Wildman–Crippen LogP) is 1.51.